The summed E-state index contributed by atoms with van der Waals surface area (Å²) in [6, 6.07) is 7.86. The first-order valence-corrected chi connectivity index (χ1v) is 6.29. The summed E-state index contributed by atoms with van der Waals surface area (Å²) in [6.07, 6.45) is 2.82. The summed E-state index contributed by atoms with van der Waals surface area (Å²) in [5, 5.41) is 8.55. The molecule has 0 aromatic heterocycles. The van der Waals surface area contributed by atoms with Crippen LogP contribution >= 0.6 is 0 Å². The van der Waals surface area contributed by atoms with Gasteiger partial charge >= 0.3 is 5.97 Å². The third-order valence-corrected chi connectivity index (χ3v) is 2.80. The van der Waals surface area contributed by atoms with E-state index in [1.54, 1.807) is 4.90 Å². The number of hydrogen-bond acceptors (Lipinski definition) is 2. The Morgan fingerprint density at radius 1 is 1.26 bits per heavy atom. The smallest absolute Gasteiger partial charge is 0.328 e. The molecule has 0 aliphatic carbocycles. The minimum Gasteiger partial charge on any atom is -0.478 e. The van der Waals surface area contributed by atoms with E-state index in [9.17, 15) is 9.59 Å². The lowest BCUT2D eigenvalue weighted by Gasteiger charge is -2.21. The van der Waals surface area contributed by atoms with Crippen molar-refractivity contribution in [2.75, 3.05) is 6.54 Å². The molecule has 0 aliphatic heterocycles. The van der Waals surface area contributed by atoms with Crippen molar-refractivity contribution in [2.45, 2.75) is 26.8 Å². The molecule has 0 saturated heterocycles. The van der Waals surface area contributed by atoms with E-state index in [4.69, 9.17) is 5.11 Å². The predicted octanol–water partition coefficient (Wildman–Crippen LogP) is 2.37. The molecule has 1 rings (SSSR count). The first kappa shape index (κ1) is 15.0. The fraction of sp³-hybridized carbons (Fsp3) is 0.333. The third-order valence-electron chi connectivity index (χ3n) is 2.80. The summed E-state index contributed by atoms with van der Waals surface area (Å²) in [7, 11) is 0. The molecule has 0 atom stereocenters. The lowest BCUT2D eigenvalue weighted by Crippen LogP contribution is -2.30. The van der Waals surface area contributed by atoms with Gasteiger partial charge in [0.15, 0.2) is 0 Å². The van der Waals surface area contributed by atoms with Crippen LogP contribution in [0.5, 0.6) is 0 Å². The summed E-state index contributed by atoms with van der Waals surface area (Å²) in [5.41, 5.74) is 2.20. The van der Waals surface area contributed by atoms with Gasteiger partial charge < -0.3 is 10.0 Å². The largest absolute Gasteiger partial charge is 0.478 e. The van der Waals surface area contributed by atoms with Gasteiger partial charge in [-0.05, 0) is 24.5 Å². The van der Waals surface area contributed by atoms with E-state index in [2.05, 4.69) is 0 Å². The number of hydrogen-bond donors (Lipinski definition) is 1. The summed E-state index contributed by atoms with van der Waals surface area (Å²) in [6.45, 7) is 5.09. The van der Waals surface area contributed by atoms with Crippen LogP contribution in [0, 0.1) is 6.92 Å². The Hall–Kier alpha value is -2.10. The quantitative estimate of drug-likeness (QED) is 0.800. The second-order valence-electron chi connectivity index (χ2n) is 4.36. The first-order valence-electron chi connectivity index (χ1n) is 6.29. The van der Waals surface area contributed by atoms with Gasteiger partial charge in [0.05, 0.1) is 0 Å². The Morgan fingerprint density at radius 2 is 1.95 bits per heavy atom. The maximum Gasteiger partial charge on any atom is 0.328 e. The van der Waals surface area contributed by atoms with E-state index in [-0.39, 0.29) is 5.91 Å². The molecular weight excluding hydrogens is 242 g/mol. The van der Waals surface area contributed by atoms with E-state index in [1.807, 2.05) is 38.1 Å². The van der Waals surface area contributed by atoms with E-state index < -0.39 is 5.97 Å². The molecule has 4 heteroatoms. The van der Waals surface area contributed by atoms with Gasteiger partial charge in [0.1, 0.15) is 0 Å². The van der Waals surface area contributed by atoms with Crippen LogP contribution in [0.1, 0.15) is 24.5 Å². The Morgan fingerprint density at radius 3 is 2.53 bits per heavy atom. The van der Waals surface area contributed by atoms with Crippen LogP contribution in [0.25, 0.3) is 0 Å². The fourth-order valence-electron chi connectivity index (χ4n) is 1.78. The molecule has 0 unspecified atom stereocenters. The van der Waals surface area contributed by atoms with Gasteiger partial charge in [-0.25, -0.2) is 4.79 Å². The van der Waals surface area contributed by atoms with E-state index in [1.165, 1.54) is 0 Å². The Kier molecular flexibility index (Phi) is 5.79. The summed E-state index contributed by atoms with van der Waals surface area (Å²) >= 11 is 0. The average molecular weight is 261 g/mol. The number of benzene rings is 1. The monoisotopic (exact) mass is 261 g/mol. The highest BCUT2D eigenvalue weighted by atomic mass is 16.4. The normalized spacial score (nSPS) is 10.6. The number of carbonyl (C=O) groups is 2. The van der Waals surface area contributed by atoms with Crippen LogP contribution in [0.2, 0.25) is 0 Å². The minimum absolute atomic E-state index is 0.271. The van der Waals surface area contributed by atoms with E-state index in [0.717, 1.165) is 29.7 Å². The van der Waals surface area contributed by atoms with Crippen molar-refractivity contribution in [3.63, 3.8) is 0 Å². The average Bonchev–Trinajstić information content (AvgIpc) is 2.38. The molecule has 0 fully saturated rings. The zero-order valence-electron chi connectivity index (χ0n) is 11.3. The SMILES string of the molecule is CCCN(Cc1ccccc1C)C(=O)/C=C/C(=O)O. The first-order chi connectivity index (χ1) is 9.04. The highest BCUT2D eigenvalue weighted by molar-refractivity contribution is 5.93. The molecule has 19 heavy (non-hydrogen) atoms. The van der Waals surface area contributed by atoms with Crippen molar-refractivity contribution in [3.05, 3.63) is 47.5 Å². The molecule has 1 aromatic rings. The molecule has 4 nitrogen and oxygen atoms in total. The molecule has 0 saturated carbocycles. The highest BCUT2D eigenvalue weighted by Crippen LogP contribution is 2.11. The number of carbonyl (C=O) groups excluding carboxylic acids is 1. The maximum atomic E-state index is 11.9. The zero-order chi connectivity index (χ0) is 14.3. The van der Waals surface area contributed by atoms with Crippen molar-refractivity contribution >= 4 is 11.9 Å². The van der Waals surface area contributed by atoms with Crippen LogP contribution in [0.15, 0.2) is 36.4 Å². The van der Waals surface area contributed by atoms with Crippen molar-refractivity contribution in [3.8, 4) is 0 Å². The Labute approximate surface area is 113 Å². The van der Waals surface area contributed by atoms with Gasteiger partial charge in [-0.2, -0.15) is 0 Å². The number of carboxylic acids is 1. The van der Waals surface area contributed by atoms with Crippen molar-refractivity contribution < 1.29 is 14.7 Å². The van der Waals surface area contributed by atoms with Gasteiger partial charge in [0.2, 0.25) is 5.91 Å². The standard InChI is InChI=1S/C15H19NO3/c1-3-10-16(14(17)8-9-15(18)19)11-13-7-5-4-6-12(13)2/h4-9H,3,10-11H2,1-2H3,(H,18,19)/b9-8+. The van der Waals surface area contributed by atoms with Crippen molar-refractivity contribution in [1.29, 1.82) is 0 Å². The van der Waals surface area contributed by atoms with Gasteiger partial charge in [0, 0.05) is 25.2 Å². The number of aliphatic carboxylic acids is 1. The molecule has 0 radical (unpaired) electrons. The molecule has 1 N–H and O–H groups in total. The predicted molar refractivity (Wildman–Crippen MR) is 73.7 cm³/mol. The topological polar surface area (TPSA) is 57.6 Å². The Bertz CT molecular complexity index is 480. The van der Waals surface area contributed by atoms with Crippen molar-refractivity contribution in [1.82, 2.24) is 4.90 Å². The summed E-state index contributed by atoms with van der Waals surface area (Å²) in [4.78, 5) is 24.0. The summed E-state index contributed by atoms with van der Waals surface area (Å²) in [5.74, 6) is -1.38. The van der Waals surface area contributed by atoms with Crippen LogP contribution in [0.4, 0.5) is 0 Å². The second-order valence-corrected chi connectivity index (χ2v) is 4.36. The zero-order valence-corrected chi connectivity index (χ0v) is 11.3. The fourth-order valence-corrected chi connectivity index (χ4v) is 1.78. The van der Waals surface area contributed by atoms with Crippen LogP contribution in [0.3, 0.4) is 0 Å². The van der Waals surface area contributed by atoms with E-state index >= 15 is 0 Å². The van der Waals surface area contributed by atoms with Gasteiger partial charge in [-0.1, -0.05) is 31.2 Å². The maximum absolute atomic E-state index is 11.9. The Balaban J connectivity index is 2.81. The lowest BCUT2D eigenvalue weighted by molar-refractivity contribution is -0.132. The highest BCUT2D eigenvalue weighted by Gasteiger charge is 2.11. The van der Waals surface area contributed by atoms with Crippen LogP contribution < -0.4 is 0 Å². The molecule has 102 valence electrons. The number of aryl methyl sites for hydroxylation is 1. The van der Waals surface area contributed by atoms with Crippen molar-refractivity contribution in [2.24, 2.45) is 0 Å². The van der Waals surface area contributed by atoms with Crippen LogP contribution in [-0.4, -0.2) is 28.4 Å². The lowest BCUT2D eigenvalue weighted by atomic mass is 10.1. The molecule has 0 heterocycles. The number of rotatable bonds is 6. The molecule has 0 aliphatic rings. The van der Waals surface area contributed by atoms with E-state index in [0.29, 0.717) is 13.1 Å². The molecular formula is C15H19NO3. The molecule has 0 spiro atoms. The molecule has 0 bridgehead atoms. The van der Waals surface area contributed by atoms with Gasteiger partial charge in [-0.15, -0.1) is 0 Å². The van der Waals surface area contributed by atoms with Gasteiger partial charge in [0.25, 0.3) is 0 Å². The van der Waals surface area contributed by atoms with Gasteiger partial charge in [-0.3, -0.25) is 4.79 Å². The number of amides is 1. The number of nitrogens with zero attached hydrogens (tertiary/aromatic N) is 1. The molecule has 1 amide bonds. The second kappa shape index (κ2) is 7.36. The number of carboxylic acid groups (broad SMARTS) is 1. The summed E-state index contributed by atoms with van der Waals surface area (Å²) < 4.78 is 0. The third kappa shape index (κ3) is 4.95. The minimum atomic E-state index is -1.11. The molecule has 1 aromatic carbocycles. The van der Waals surface area contributed by atoms with Crippen LogP contribution in [-0.2, 0) is 16.1 Å².